The molecule has 1 amide bonds. The highest BCUT2D eigenvalue weighted by molar-refractivity contribution is 6.05. The zero-order valence-corrected chi connectivity index (χ0v) is 13.1. The molecule has 1 heterocycles. The Bertz CT molecular complexity index is 697. The van der Waals surface area contributed by atoms with Gasteiger partial charge >= 0.3 is 0 Å². The van der Waals surface area contributed by atoms with Crippen LogP contribution in [0.5, 0.6) is 5.75 Å². The van der Waals surface area contributed by atoms with Crippen LogP contribution in [0.2, 0.25) is 0 Å². The van der Waals surface area contributed by atoms with Crippen molar-refractivity contribution in [1.82, 2.24) is 4.98 Å². The SMILES string of the molecule is CC(=O)c1c[nH]c(C(=O)Nc2ccc(OC3CCCC3)cc2)c1. The summed E-state index contributed by atoms with van der Waals surface area (Å²) in [6.45, 7) is 1.47. The van der Waals surface area contributed by atoms with E-state index in [4.69, 9.17) is 4.74 Å². The maximum atomic E-state index is 12.1. The van der Waals surface area contributed by atoms with Gasteiger partial charge in [0.2, 0.25) is 0 Å². The van der Waals surface area contributed by atoms with Crippen molar-refractivity contribution in [3.05, 3.63) is 47.8 Å². The van der Waals surface area contributed by atoms with E-state index in [9.17, 15) is 9.59 Å². The summed E-state index contributed by atoms with van der Waals surface area (Å²) >= 11 is 0. The van der Waals surface area contributed by atoms with Crippen LogP contribution >= 0.6 is 0 Å². The van der Waals surface area contributed by atoms with Gasteiger partial charge < -0.3 is 15.0 Å². The summed E-state index contributed by atoms with van der Waals surface area (Å²) in [5, 5.41) is 2.79. The first-order valence-corrected chi connectivity index (χ1v) is 7.89. The predicted octanol–water partition coefficient (Wildman–Crippen LogP) is 3.79. The standard InChI is InChI=1S/C18H20N2O3/c1-12(21)13-10-17(19-11-13)18(22)20-14-6-8-16(9-7-14)23-15-4-2-3-5-15/h6-11,15,19H,2-5H2,1H3,(H,20,22). The monoisotopic (exact) mass is 312 g/mol. The summed E-state index contributed by atoms with van der Waals surface area (Å²) in [7, 11) is 0. The van der Waals surface area contributed by atoms with Crippen molar-refractivity contribution in [2.24, 2.45) is 0 Å². The third-order valence-electron chi connectivity index (χ3n) is 4.05. The lowest BCUT2D eigenvalue weighted by molar-refractivity contribution is 0.101. The van der Waals surface area contributed by atoms with Gasteiger partial charge in [0.25, 0.3) is 5.91 Å². The topological polar surface area (TPSA) is 71.2 Å². The molecule has 120 valence electrons. The number of aromatic nitrogens is 1. The molecule has 1 aliphatic rings. The van der Waals surface area contributed by atoms with E-state index in [1.165, 1.54) is 26.0 Å². The van der Waals surface area contributed by atoms with Gasteiger partial charge in [0.05, 0.1) is 6.10 Å². The molecule has 1 saturated carbocycles. The van der Waals surface area contributed by atoms with Crippen LogP contribution in [0.15, 0.2) is 36.5 Å². The molecule has 1 aromatic carbocycles. The van der Waals surface area contributed by atoms with Crippen molar-refractivity contribution in [2.75, 3.05) is 5.32 Å². The summed E-state index contributed by atoms with van der Waals surface area (Å²) in [5.74, 6) is 0.476. The fourth-order valence-corrected chi connectivity index (χ4v) is 2.74. The second-order valence-electron chi connectivity index (χ2n) is 5.86. The Balaban J connectivity index is 1.60. The third-order valence-corrected chi connectivity index (χ3v) is 4.05. The minimum absolute atomic E-state index is 0.0753. The molecule has 0 saturated heterocycles. The minimum atomic E-state index is -0.276. The molecule has 0 aliphatic heterocycles. The number of carbonyl (C=O) groups is 2. The lowest BCUT2D eigenvalue weighted by Crippen LogP contribution is -2.13. The number of rotatable bonds is 5. The van der Waals surface area contributed by atoms with Gasteiger partial charge in [-0.1, -0.05) is 0 Å². The van der Waals surface area contributed by atoms with Crippen LogP contribution in [0.1, 0.15) is 53.5 Å². The van der Waals surface area contributed by atoms with E-state index in [0.29, 0.717) is 23.0 Å². The van der Waals surface area contributed by atoms with Crippen LogP contribution in [-0.2, 0) is 0 Å². The van der Waals surface area contributed by atoms with E-state index in [2.05, 4.69) is 10.3 Å². The highest BCUT2D eigenvalue weighted by Crippen LogP contribution is 2.25. The molecule has 1 fully saturated rings. The quantitative estimate of drug-likeness (QED) is 0.825. The number of ether oxygens (including phenoxy) is 1. The van der Waals surface area contributed by atoms with E-state index in [0.717, 1.165) is 18.6 Å². The summed E-state index contributed by atoms with van der Waals surface area (Å²) in [6.07, 6.45) is 6.55. The summed E-state index contributed by atoms with van der Waals surface area (Å²) < 4.78 is 5.89. The molecule has 2 N–H and O–H groups in total. The van der Waals surface area contributed by atoms with E-state index in [-0.39, 0.29) is 11.7 Å². The fourth-order valence-electron chi connectivity index (χ4n) is 2.74. The van der Waals surface area contributed by atoms with Gasteiger partial charge in [0.1, 0.15) is 11.4 Å². The summed E-state index contributed by atoms with van der Waals surface area (Å²) in [5.41, 5.74) is 1.55. The molecular weight excluding hydrogens is 292 g/mol. The smallest absolute Gasteiger partial charge is 0.272 e. The molecular formula is C18H20N2O3. The normalized spacial score (nSPS) is 14.7. The number of aromatic amines is 1. The van der Waals surface area contributed by atoms with Crippen LogP contribution < -0.4 is 10.1 Å². The minimum Gasteiger partial charge on any atom is -0.490 e. The molecule has 0 radical (unpaired) electrons. The fraction of sp³-hybridized carbons (Fsp3) is 0.333. The van der Waals surface area contributed by atoms with E-state index < -0.39 is 0 Å². The number of nitrogens with one attached hydrogen (secondary N) is 2. The Morgan fingerprint density at radius 2 is 1.87 bits per heavy atom. The number of H-pyrrole nitrogens is 1. The van der Waals surface area contributed by atoms with Crippen molar-refractivity contribution >= 4 is 17.4 Å². The van der Waals surface area contributed by atoms with E-state index in [1.807, 2.05) is 24.3 Å². The third kappa shape index (κ3) is 3.80. The van der Waals surface area contributed by atoms with Crippen molar-refractivity contribution < 1.29 is 14.3 Å². The molecule has 5 nitrogen and oxygen atoms in total. The number of anilines is 1. The van der Waals surface area contributed by atoms with Gasteiger partial charge in [-0.05, 0) is 62.9 Å². The number of amides is 1. The Kier molecular flexibility index (Phi) is 4.46. The van der Waals surface area contributed by atoms with Gasteiger partial charge in [0.15, 0.2) is 5.78 Å². The first-order chi connectivity index (χ1) is 11.1. The number of hydrogen-bond donors (Lipinski definition) is 2. The highest BCUT2D eigenvalue weighted by atomic mass is 16.5. The zero-order chi connectivity index (χ0) is 16.2. The van der Waals surface area contributed by atoms with Crippen LogP contribution in [-0.4, -0.2) is 22.8 Å². The number of benzene rings is 1. The zero-order valence-electron chi connectivity index (χ0n) is 13.1. The number of ketones is 1. The maximum Gasteiger partial charge on any atom is 0.272 e. The molecule has 1 aromatic heterocycles. The summed E-state index contributed by atoms with van der Waals surface area (Å²) in [6, 6.07) is 8.91. The van der Waals surface area contributed by atoms with Crippen molar-refractivity contribution in [3.8, 4) is 5.75 Å². The second-order valence-corrected chi connectivity index (χ2v) is 5.86. The van der Waals surface area contributed by atoms with Crippen molar-refractivity contribution in [1.29, 1.82) is 0 Å². The molecule has 2 aromatic rings. The van der Waals surface area contributed by atoms with Gasteiger partial charge in [-0.15, -0.1) is 0 Å². The summed E-state index contributed by atoms with van der Waals surface area (Å²) in [4.78, 5) is 26.2. The first-order valence-electron chi connectivity index (χ1n) is 7.89. The Hall–Kier alpha value is -2.56. The lowest BCUT2D eigenvalue weighted by atomic mass is 10.2. The lowest BCUT2D eigenvalue weighted by Gasteiger charge is -2.13. The first kappa shape index (κ1) is 15.3. The molecule has 1 aliphatic carbocycles. The van der Waals surface area contributed by atoms with Crippen molar-refractivity contribution in [2.45, 2.75) is 38.7 Å². The second kappa shape index (κ2) is 6.69. The van der Waals surface area contributed by atoms with Crippen LogP contribution in [0, 0.1) is 0 Å². The van der Waals surface area contributed by atoms with Gasteiger partial charge in [-0.25, -0.2) is 0 Å². The molecule has 0 spiro atoms. The molecule has 0 unspecified atom stereocenters. The van der Waals surface area contributed by atoms with E-state index in [1.54, 1.807) is 6.07 Å². The average Bonchev–Trinajstić information content (AvgIpc) is 3.20. The molecule has 3 rings (SSSR count). The maximum absolute atomic E-state index is 12.1. The predicted molar refractivity (Wildman–Crippen MR) is 88.1 cm³/mol. The number of carbonyl (C=O) groups excluding carboxylic acids is 2. The largest absolute Gasteiger partial charge is 0.490 e. The van der Waals surface area contributed by atoms with Crippen molar-refractivity contribution in [3.63, 3.8) is 0 Å². The highest BCUT2D eigenvalue weighted by Gasteiger charge is 2.16. The Labute approximate surface area is 135 Å². The Morgan fingerprint density at radius 1 is 1.17 bits per heavy atom. The molecule has 0 atom stereocenters. The van der Waals surface area contributed by atoms with Crippen LogP contribution in [0.4, 0.5) is 5.69 Å². The van der Waals surface area contributed by atoms with Gasteiger partial charge in [-0.2, -0.15) is 0 Å². The van der Waals surface area contributed by atoms with Crippen LogP contribution in [0.25, 0.3) is 0 Å². The van der Waals surface area contributed by atoms with Gasteiger partial charge in [0, 0.05) is 17.4 Å². The van der Waals surface area contributed by atoms with Gasteiger partial charge in [-0.3, -0.25) is 9.59 Å². The Morgan fingerprint density at radius 3 is 2.48 bits per heavy atom. The molecule has 5 heteroatoms. The van der Waals surface area contributed by atoms with Crippen LogP contribution in [0.3, 0.4) is 0 Å². The van der Waals surface area contributed by atoms with E-state index >= 15 is 0 Å². The molecule has 23 heavy (non-hydrogen) atoms. The molecule has 0 bridgehead atoms. The average molecular weight is 312 g/mol. The number of Topliss-reactive ketones (excluding diaryl/α,β-unsaturated/α-hetero) is 1. The number of hydrogen-bond acceptors (Lipinski definition) is 3.